The van der Waals surface area contributed by atoms with Crippen molar-refractivity contribution in [2.45, 2.75) is 13.1 Å². The molecule has 2 aromatic rings. The van der Waals surface area contributed by atoms with Crippen LogP contribution in [0.4, 0.5) is 4.39 Å². The lowest BCUT2D eigenvalue weighted by Crippen LogP contribution is -2.19. The summed E-state index contributed by atoms with van der Waals surface area (Å²) in [4.78, 5) is 6.37. The Morgan fingerprint density at radius 2 is 2.18 bits per heavy atom. The van der Waals surface area contributed by atoms with Gasteiger partial charge in [-0.05, 0) is 24.7 Å². The normalized spacial score (nSPS) is 11.1. The quantitative estimate of drug-likeness (QED) is 0.807. The van der Waals surface area contributed by atoms with E-state index in [0.717, 1.165) is 17.9 Å². The Labute approximate surface area is 101 Å². The van der Waals surface area contributed by atoms with Crippen LogP contribution in [0, 0.1) is 5.82 Å². The molecule has 0 radical (unpaired) electrons. The molecule has 0 aliphatic heterocycles. The predicted octanol–water partition coefficient (Wildman–Crippen LogP) is 2.19. The summed E-state index contributed by atoms with van der Waals surface area (Å²) in [6.45, 7) is 1.46. The van der Waals surface area contributed by atoms with Gasteiger partial charge in [0.15, 0.2) is 0 Å². The van der Waals surface area contributed by atoms with Crippen molar-refractivity contribution in [2.75, 3.05) is 7.05 Å². The van der Waals surface area contributed by atoms with E-state index in [1.165, 1.54) is 6.07 Å². The number of aromatic nitrogens is 2. The standard InChI is InChI=1S/C13H16FN3/c1-16(10-13-15-6-7-17(13)2)9-11-4-3-5-12(14)8-11/h3-8H,9-10H2,1-2H3. The molecule has 0 bridgehead atoms. The second kappa shape index (κ2) is 5.10. The minimum Gasteiger partial charge on any atom is -0.337 e. The van der Waals surface area contributed by atoms with Gasteiger partial charge in [-0.3, -0.25) is 4.90 Å². The van der Waals surface area contributed by atoms with Gasteiger partial charge in [-0.25, -0.2) is 9.37 Å². The fourth-order valence-electron chi connectivity index (χ4n) is 1.79. The first-order valence-electron chi connectivity index (χ1n) is 5.54. The highest BCUT2D eigenvalue weighted by molar-refractivity contribution is 5.16. The Hall–Kier alpha value is -1.68. The van der Waals surface area contributed by atoms with E-state index < -0.39 is 0 Å². The van der Waals surface area contributed by atoms with Crippen LogP contribution in [-0.4, -0.2) is 21.5 Å². The van der Waals surface area contributed by atoms with E-state index in [1.807, 2.05) is 30.9 Å². The zero-order chi connectivity index (χ0) is 12.3. The molecule has 17 heavy (non-hydrogen) atoms. The number of rotatable bonds is 4. The number of hydrogen-bond acceptors (Lipinski definition) is 2. The molecule has 0 fully saturated rings. The molecule has 0 spiro atoms. The van der Waals surface area contributed by atoms with Crippen LogP contribution in [0.1, 0.15) is 11.4 Å². The Bertz CT molecular complexity index is 493. The summed E-state index contributed by atoms with van der Waals surface area (Å²) in [7, 11) is 3.97. The highest BCUT2D eigenvalue weighted by atomic mass is 19.1. The van der Waals surface area contributed by atoms with Crippen LogP contribution in [-0.2, 0) is 20.1 Å². The van der Waals surface area contributed by atoms with E-state index in [0.29, 0.717) is 6.54 Å². The molecule has 0 aliphatic carbocycles. The molecular formula is C13H16FN3. The molecule has 1 aromatic heterocycles. The van der Waals surface area contributed by atoms with Crippen LogP contribution in [0.5, 0.6) is 0 Å². The summed E-state index contributed by atoms with van der Waals surface area (Å²) >= 11 is 0. The minimum atomic E-state index is -0.187. The van der Waals surface area contributed by atoms with Crippen molar-refractivity contribution in [1.82, 2.24) is 14.5 Å². The van der Waals surface area contributed by atoms with Crippen LogP contribution < -0.4 is 0 Å². The molecule has 90 valence electrons. The van der Waals surface area contributed by atoms with Gasteiger partial charge in [-0.1, -0.05) is 12.1 Å². The Morgan fingerprint density at radius 1 is 1.35 bits per heavy atom. The van der Waals surface area contributed by atoms with E-state index in [-0.39, 0.29) is 5.82 Å². The van der Waals surface area contributed by atoms with Crippen LogP contribution >= 0.6 is 0 Å². The van der Waals surface area contributed by atoms with Crippen LogP contribution in [0.3, 0.4) is 0 Å². The molecule has 4 heteroatoms. The SMILES string of the molecule is CN(Cc1cccc(F)c1)Cc1nccn1C. The van der Waals surface area contributed by atoms with E-state index in [1.54, 1.807) is 18.3 Å². The Kier molecular flexibility index (Phi) is 3.54. The molecule has 2 rings (SSSR count). The topological polar surface area (TPSA) is 21.1 Å². The molecule has 0 saturated heterocycles. The maximum absolute atomic E-state index is 13.0. The lowest BCUT2D eigenvalue weighted by Gasteiger charge is -2.16. The average Bonchev–Trinajstić information content (AvgIpc) is 2.64. The lowest BCUT2D eigenvalue weighted by molar-refractivity contribution is 0.306. The maximum atomic E-state index is 13.0. The molecule has 0 aliphatic rings. The van der Waals surface area contributed by atoms with Gasteiger partial charge in [0.25, 0.3) is 0 Å². The third-order valence-electron chi connectivity index (χ3n) is 2.67. The number of benzene rings is 1. The molecule has 0 N–H and O–H groups in total. The summed E-state index contributed by atoms with van der Waals surface area (Å²) in [5, 5.41) is 0. The predicted molar refractivity (Wildman–Crippen MR) is 64.8 cm³/mol. The average molecular weight is 233 g/mol. The Balaban J connectivity index is 1.98. The first-order chi connectivity index (χ1) is 8.15. The highest BCUT2D eigenvalue weighted by Gasteiger charge is 2.05. The van der Waals surface area contributed by atoms with Crippen molar-refractivity contribution in [3.63, 3.8) is 0 Å². The number of aryl methyl sites for hydroxylation is 1. The molecule has 1 heterocycles. The zero-order valence-electron chi connectivity index (χ0n) is 10.1. The number of nitrogens with zero attached hydrogens (tertiary/aromatic N) is 3. The van der Waals surface area contributed by atoms with Gasteiger partial charge in [0.2, 0.25) is 0 Å². The van der Waals surface area contributed by atoms with Crippen LogP contribution in [0.15, 0.2) is 36.7 Å². The van der Waals surface area contributed by atoms with Crippen molar-refractivity contribution in [3.05, 3.63) is 53.9 Å². The lowest BCUT2D eigenvalue weighted by atomic mass is 10.2. The summed E-state index contributed by atoms with van der Waals surface area (Å²) in [5.74, 6) is 0.816. The zero-order valence-corrected chi connectivity index (χ0v) is 10.1. The maximum Gasteiger partial charge on any atom is 0.123 e. The third kappa shape index (κ3) is 3.14. The van der Waals surface area contributed by atoms with E-state index in [2.05, 4.69) is 9.88 Å². The highest BCUT2D eigenvalue weighted by Crippen LogP contribution is 2.08. The third-order valence-corrected chi connectivity index (χ3v) is 2.67. The molecule has 0 amide bonds. The van der Waals surface area contributed by atoms with Crippen LogP contribution in [0.25, 0.3) is 0 Å². The first-order valence-corrected chi connectivity index (χ1v) is 5.54. The van der Waals surface area contributed by atoms with E-state index in [9.17, 15) is 4.39 Å². The van der Waals surface area contributed by atoms with Crippen LogP contribution in [0.2, 0.25) is 0 Å². The van der Waals surface area contributed by atoms with Crippen molar-refractivity contribution >= 4 is 0 Å². The summed E-state index contributed by atoms with van der Waals surface area (Å²) in [5.41, 5.74) is 0.974. The van der Waals surface area contributed by atoms with Gasteiger partial charge in [0.1, 0.15) is 11.6 Å². The summed E-state index contributed by atoms with van der Waals surface area (Å²) in [6, 6.07) is 6.69. The number of halogens is 1. The minimum absolute atomic E-state index is 0.187. The molecule has 0 unspecified atom stereocenters. The number of hydrogen-bond donors (Lipinski definition) is 0. The molecule has 0 atom stereocenters. The molecular weight excluding hydrogens is 217 g/mol. The van der Waals surface area contributed by atoms with Crippen molar-refractivity contribution < 1.29 is 4.39 Å². The fraction of sp³-hybridized carbons (Fsp3) is 0.308. The van der Waals surface area contributed by atoms with Crippen molar-refractivity contribution in [1.29, 1.82) is 0 Å². The molecule has 3 nitrogen and oxygen atoms in total. The largest absolute Gasteiger partial charge is 0.337 e. The van der Waals surface area contributed by atoms with E-state index in [4.69, 9.17) is 0 Å². The monoisotopic (exact) mass is 233 g/mol. The van der Waals surface area contributed by atoms with E-state index >= 15 is 0 Å². The van der Waals surface area contributed by atoms with Gasteiger partial charge in [-0.15, -0.1) is 0 Å². The Morgan fingerprint density at radius 3 is 2.82 bits per heavy atom. The summed E-state index contributed by atoms with van der Waals surface area (Å²) in [6.07, 6.45) is 3.71. The van der Waals surface area contributed by atoms with Gasteiger partial charge in [0.05, 0.1) is 6.54 Å². The molecule has 0 saturated carbocycles. The first kappa shape index (κ1) is 11.8. The van der Waals surface area contributed by atoms with Gasteiger partial charge in [-0.2, -0.15) is 0 Å². The number of imidazole rings is 1. The second-order valence-corrected chi connectivity index (χ2v) is 4.26. The van der Waals surface area contributed by atoms with Crippen molar-refractivity contribution in [3.8, 4) is 0 Å². The van der Waals surface area contributed by atoms with Gasteiger partial charge >= 0.3 is 0 Å². The van der Waals surface area contributed by atoms with Gasteiger partial charge < -0.3 is 4.57 Å². The van der Waals surface area contributed by atoms with Gasteiger partial charge in [0, 0.05) is 26.0 Å². The fourth-order valence-corrected chi connectivity index (χ4v) is 1.79. The molecule has 1 aromatic carbocycles. The van der Waals surface area contributed by atoms with Crippen molar-refractivity contribution in [2.24, 2.45) is 7.05 Å². The smallest absolute Gasteiger partial charge is 0.123 e. The second-order valence-electron chi connectivity index (χ2n) is 4.26. The summed E-state index contributed by atoms with van der Waals surface area (Å²) < 4.78 is 15.0.